The Morgan fingerprint density at radius 1 is 1.05 bits per heavy atom. The Morgan fingerprint density at radius 3 is 2.53 bits per heavy atom. The van der Waals surface area contributed by atoms with E-state index in [1.54, 1.807) is 56.3 Å². The highest BCUT2D eigenvalue weighted by atomic mass is 32.2. The van der Waals surface area contributed by atoms with Crippen LogP contribution in [0.25, 0.3) is 0 Å². The minimum absolute atomic E-state index is 0.0929. The number of carbonyl (C=O) groups excluding carboxylic acids is 1. The van der Waals surface area contributed by atoms with Crippen molar-refractivity contribution in [1.82, 2.24) is 10.0 Å². The highest BCUT2D eigenvalue weighted by molar-refractivity contribution is 7.89. The van der Waals surface area contributed by atoms with E-state index in [2.05, 4.69) is 22.2 Å². The maximum absolute atomic E-state index is 13.3. The van der Waals surface area contributed by atoms with E-state index in [0.717, 1.165) is 36.8 Å². The molecule has 3 aromatic rings. The lowest BCUT2D eigenvalue weighted by molar-refractivity contribution is -0.0603. The molecule has 3 N–H and O–H groups in total. The van der Waals surface area contributed by atoms with Gasteiger partial charge in [-0.3, -0.25) is 4.79 Å². The zero-order valence-electron chi connectivity index (χ0n) is 21.9. The van der Waals surface area contributed by atoms with E-state index >= 15 is 0 Å². The Kier molecular flexibility index (Phi) is 7.07. The number of sulfonamides is 1. The number of rotatable bonds is 6. The fraction of sp³-hybridized carbons (Fsp3) is 0.367. The lowest BCUT2D eigenvalue weighted by atomic mass is 9.86. The number of aryl methyl sites for hydroxylation is 2. The van der Waals surface area contributed by atoms with Crippen molar-refractivity contribution in [2.45, 2.75) is 75.1 Å². The second kappa shape index (κ2) is 10.2. The summed E-state index contributed by atoms with van der Waals surface area (Å²) in [7, 11) is -3.97. The number of carbonyl (C=O) groups is 1. The lowest BCUT2D eigenvalue weighted by Crippen LogP contribution is -2.53. The van der Waals surface area contributed by atoms with Crippen LogP contribution in [-0.4, -0.2) is 31.1 Å². The van der Waals surface area contributed by atoms with Crippen molar-refractivity contribution in [2.75, 3.05) is 0 Å². The fourth-order valence-electron chi connectivity index (χ4n) is 5.35. The van der Waals surface area contributed by atoms with Gasteiger partial charge in [0, 0.05) is 11.1 Å². The Bertz CT molecular complexity index is 1450. The average molecular weight is 535 g/mol. The molecule has 1 heterocycles. The minimum atomic E-state index is -3.97. The SMILES string of the molecule is CCc1ccc(S(=O)(=O)NC2c3cc(C(=O)NC4CCCc5ccccc54)ccc3OC(C)(C)C2O)cc1. The van der Waals surface area contributed by atoms with Gasteiger partial charge in [-0.05, 0) is 86.6 Å². The first-order chi connectivity index (χ1) is 18.1. The predicted octanol–water partition coefficient (Wildman–Crippen LogP) is 4.61. The number of ether oxygens (including phenoxy) is 1. The van der Waals surface area contributed by atoms with Gasteiger partial charge < -0.3 is 15.2 Å². The van der Waals surface area contributed by atoms with Crippen molar-refractivity contribution < 1.29 is 23.1 Å². The molecule has 0 fully saturated rings. The molecular formula is C30H34N2O5S. The van der Waals surface area contributed by atoms with E-state index in [9.17, 15) is 18.3 Å². The highest BCUT2D eigenvalue weighted by Crippen LogP contribution is 2.41. The average Bonchev–Trinajstić information content (AvgIpc) is 2.91. The minimum Gasteiger partial charge on any atom is -0.485 e. The number of benzene rings is 3. The molecule has 0 radical (unpaired) electrons. The molecule has 8 heteroatoms. The normalized spacial score (nSPS) is 22.1. The van der Waals surface area contributed by atoms with Gasteiger partial charge in [0.15, 0.2) is 0 Å². The molecule has 3 unspecified atom stereocenters. The molecule has 3 aromatic carbocycles. The molecular weight excluding hydrogens is 500 g/mol. The largest absolute Gasteiger partial charge is 0.485 e. The van der Waals surface area contributed by atoms with Crippen molar-refractivity contribution in [1.29, 1.82) is 0 Å². The van der Waals surface area contributed by atoms with Gasteiger partial charge in [0.2, 0.25) is 10.0 Å². The third-order valence-corrected chi connectivity index (χ3v) is 9.06. The van der Waals surface area contributed by atoms with Crippen LogP contribution < -0.4 is 14.8 Å². The number of aliphatic hydroxyl groups excluding tert-OH is 1. The van der Waals surface area contributed by atoms with Crippen molar-refractivity contribution in [3.8, 4) is 5.75 Å². The topological polar surface area (TPSA) is 105 Å². The fourth-order valence-corrected chi connectivity index (χ4v) is 6.57. The molecule has 2 aliphatic rings. The summed E-state index contributed by atoms with van der Waals surface area (Å²) in [6, 6.07) is 18.7. The van der Waals surface area contributed by atoms with Gasteiger partial charge in [0.25, 0.3) is 5.91 Å². The highest BCUT2D eigenvalue weighted by Gasteiger charge is 2.45. The summed E-state index contributed by atoms with van der Waals surface area (Å²) in [6.45, 7) is 5.41. The first kappa shape index (κ1) is 26.4. The first-order valence-corrected chi connectivity index (χ1v) is 14.6. The molecule has 38 heavy (non-hydrogen) atoms. The zero-order valence-corrected chi connectivity index (χ0v) is 22.7. The standard InChI is InChI=1S/C30H34N2O5S/c1-4-19-12-15-22(16-13-19)38(35,36)32-27-24-18-21(14-17-26(24)37-30(2,3)28(27)33)29(34)31-25-11-7-9-20-8-5-6-10-23(20)25/h5-6,8,10,12-18,25,27-28,32-33H,4,7,9,11H2,1-3H3,(H,31,34). The maximum atomic E-state index is 13.3. The summed E-state index contributed by atoms with van der Waals surface area (Å²) >= 11 is 0. The number of amides is 1. The maximum Gasteiger partial charge on any atom is 0.251 e. The Hall–Kier alpha value is -3.20. The van der Waals surface area contributed by atoms with E-state index in [-0.39, 0.29) is 16.8 Å². The number of nitrogens with one attached hydrogen (secondary N) is 2. The molecule has 3 atom stereocenters. The van der Waals surface area contributed by atoms with Crippen LogP contribution in [0.3, 0.4) is 0 Å². The molecule has 0 bridgehead atoms. The van der Waals surface area contributed by atoms with Crippen LogP contribution in [0, 0.1) is 0 Å². The zero-order chi connectivity index (χ0) is 27.1. The molecule has 1 aliphatic carbocycles. The van der Waals surface area contributed by atoms with Crippen LogP contribution in [-0.2, 0) is 22.9 Å². The van der Waals surface area contributed by atoms with E-state index in [4.69, 9.17) is 4.74 Å². The van der Waals surface area contributed by atoms with E-state index < -0.39 is 27.8 Å². The van der Waals surface area contributed by atoms with Crippen LogP contribution >= 0.6 is 0 Å². The van der Waals surface area contributed by atoms with Gasteiger partial charge in [0.1, 0.15) is 17.5 Å². The molecule has 200 valence electrons. The molecule has 0 spiro atoms. The van der Waals surface area contributed by atoms with Gasteiger partial charge in [-0.1, -0.05) is 43.3 Å². The van der Waals surface area contributed by atoms with Gasteiger partial charge >= 0.3 is 0 Å². The van der Waals surface area contributed by atoms with Crippen LogP contribution in [0.4, 0.5) is 0 Å². The number of fused-ring (bicyclic) bond motifs is 2. The number of hydrogen-bond donors (Lipinski definition) is 3. The predicted molar refractivity (Wildman–Crippen MR) is 146 cm³/mol. The molecule has 5 rings (SSSR count). The van der Waals surface area contributed by atoms with Gasteiger partial charge in [-0.2, -0.15) is 0 Å². The summed E-state index contributed by atoms with van der Waals surface area (Å²) < 4.78 is 35.4. The van der Waals surface area contributed by atoms with Crippen LogP contribution in [0.5, 0.6) is 5.75 Å². The van der Waals surface area contributed by atoms with Gasteiger partial charge in [0.05, 0.1) is 17.0 Å². The first-order valence-electron chi connectivity index (χ1n) is 13.1. The van der Waals surface area contributed by atoms with E-state index in [1.165, 1.54) is 5.56 Å². The monoisotopic (exact) mass is 534 g/mol. The molecule has 1 amide bonds. The van der Waals surface area contributed by atoms with Crippen molar-refractivity contribution in [2.24, 2.45) is 0 Å². The number of aliphatic hydroxyl groups is 1. The van der Waals surface area contributed by atoms with Crippen LogP contribution in [0.15, 0.2) is 71.6 Å². The van der Waals surface area contributed by atoms with E-state index in [0.29, 0.717) is 16.9 Å². The summed E-state index contributed by atoms with van der Waals surface area (Å²) in [5, 5.41) is 14.3. The molecule has 0 saturated carbocycles. The van der Waals surface area contributed by atoms with Crippen molar-refractivity contribution >= 4 is 15.9 Å². The van der Waals surface area contributed by atoms with Crippen molar-refractivity contribution in [3.63, 3.8) is 0 Å². The summed E-state index contributed by atoms with van der Waals surface area (Å²) in [5.74, 6) is 0.166. The van der Waals surface area contributed by atoms with Gasteiger partial charge in [-0.25, -0.2) is 13.1 Å². The van der Waals surface area contributed by atoms with Crippen LogP contribution in [0.2, 0.25) is 0 Å². The van der Waals surface area contributed by atoms with E-state index in [1.807, 2.05) is 19.1 Å². The van der Waals surface area contributed by atoms with Crippen molar-refractivity contribution in [3.05, 3.63) is 94.5 Å². The number of hydrogen-bond acceptors (Lipinski definition) is 5. The second-order valence-corrected chi connectivity index (χ2v) is 12.3. The molecule has 0 saturated heterocycles. The summed E-state index contributed by atoms with van der Waals surface area (Å²) in [5.41, 5.74) is 3.14. The third-order valence-electron chi connectivity index (χ3n) is 7.61. The molecule has 7 nitrogen and oxygen atoms in total. The Morgan fingerprint density at radius 2 is 1.79 bits per heavy atom. The second-order valence-electron chi connectivity index (χ2n) is 10.6. The Labute approximate surface area is 224 Å². The quantitative estimate of drug-likeness (QED) is 0.429. The summed E-state index contributed by atoms with van der Waals surface area (Å²) in [6.07, 6.45) is 2.44. The third kappa shape index (κ3) is 5.08. The van der Waals surface area contributed by atoms with Crippen LogP contribution in [0.1, 0.15) is 78.3 Å². The molecule has 1 aliphatic heterocycles. The molecule has 0 aromatic heterocycles. The Balaban J connectivity index is 1.45. The lowest BCUT2D eigenvalue weighted by Gasteiger charge is -2.42. The summed E-state index contributed by atoms with van der Waals surface area (Å²) in [4.78, 5) is 13.4. The smallest absolute Gasteiger partial charge is 0.251 e. The van der Waals surface area contributed by atoms with Gasteiger partial charge in [-0.15, -0.1) is 0 Å².